The van der Waals surface area contributed by atoms with Gasteiger partial charge in [0.15, 0.2) is 5.75 Å². The molecule has 0 heterocycles. The van der Waals surface area contributed by atoms with Crippen LogP contribution in [0.4, 0.5) is 11.4 Å². The van der Waals surface area contributed by atoms with E-state index in [-0.39, 0.29) is 35.0 Å². The SMILES string of the molecule is CCOc1ccc(C(=O)Nc2ccc(S(=O)(=O)N(C)Cc3ccccc3)cc2)cc1[N+](=O)[O-]. The van der Waals surface area contributed by atoms with Crippen molar-refractivity contribution in [3.8, 4) is 5.75 Å². The van der Waals surface area contributed by atoms with Gasteiger partial charge in [-0.25, -0.2) is 8.42 Å². The zero-order chi connectivity index (χ0) is 24.0. The first-order valence-corrected chi connectivity index (χ1v) is 11.5. The number of rotatable bonds is 9. The zero-order valence-corrected chi connectivity index (χ0v) is 18.9. The van der Waals surface area contributed by atoms with Gasteiger partial charge >= 0.3 is 5.69 Å². The van der Waals surface area contributed by atoms with Crippen molar-refractivity contribution in [2.45, 2.75) is 18.4 Å². The lowest BCUT2D eigenvalue weighted by molar-refractivity contribution is -0.385. The second kappa shape index (κ2) is 10.2. The molecule has 0 unspecified atom stereocenters. The number of nitrogens with zero attached hydrogens (tertiary/aromatic N) is 2. The van der Waals surface area contributed by atoms with Crippen molar-refractivity contribution in [1.29, 1.82) is 0 Å². The Morgan fingerprint density at radius 1 is 1.06 bits per heavy atom. The van der Waals surface area contributed by atoms with Gasteiger partial charge < -0.3 is 10.1 Å². The number of ether oxygens (including phenoxy) is 1. The van der Waals surface area contributed by atoms with E-state index < -0.39 is 20.9 Å². The van der Waals surface area contributed by atoms with E-state index in [2.05, 4.69) is 5.32 Å². The van der Waals surface area contributed by atoms with Gasteiger partial charge in [0.2, 0.25) is 10.0 Å². The predicted octanol–water partition coefficient (Wildman–Crippen LogP) is 4.07. The van der Waals surface area contributed by atoms with Crippen molar-refractivity contribution in [1.82, 2.24) is 4.31 Å². The molecule has 3 aromatic rings. The molecule has 1 amide bonds. The first-order chi connectivity index (χ1) is 15.7. The maximum Gasteiger partial charge on any atom is 0.311 e. The van der Waals surface area contributed by atoms with Crippen molar-refractivity contribution in [3.63, 3.8) is 0 Å². The Morgan fingerprint density at radius 3 is 2.33 bits per heavy atom. The summed E-state index contributed by atoms with van der Waals surface area (Å²) in [5.74, 6) is -0.494. The van der Waals surface area contributed by atoms with Crippen LogP contribution in [0, 0.1) is 10.1 Å². The molecule has 0 aliphatic heterocycles. The van der Waals surface area contributed by atoms with Gasteiger partial charge in [0.1, 0.15) is 0 Å². The summed E-state index contributed by atoms with van der Waals surface area (Å²) < 4.78 is 32.1. The summed E-state index contributed by atoms with van der Waals surface area (Å²) in [5, 5.41) is 13.9. The topological polar surface area (TPSA) is 119 Å². The second-order valence-electron chi connectivity index (χ2n) is 7.10. The van der Waals surface area contributed by atoms with Crippen LogP contribution < -0.4 is 10.1 Å². The molecule has 10 heteroatoms. The lowest BCUT2D eigenvalue weighted by atomic mass is 10.1. The van der Waals surface area contributed by atoms with Gasteiger partial charge in [-0.1, -0.05) is 30.3 Å². The van der Waals surface area contributed by atoms with E-state index in [0.29, 0.717) is 5.69 Å². The van der Waals surface area contributed by atoms with Gasteiger partial charge in [0.25, 0.3) is 5.91 Å². The Morgan fingerprint density at radius 2 is 1.73 bits per heavy atom. The smallest absolute Gasteiger partial charge is 0.311 e. The predicted molar refractivity (Wildman–Crippen MR) is 124 cm³/mol. The normalized spacial score (nSPS) is 11.2. The minimum absolute atomic E-state index is 0.0736. The lowest BCUT2D eigenvalue weighted by Crippen LogP contribution is -2.26. The molecule has 0 aliphatic rings. The molecule has 1 N–H and O–H groups in total. The Kier molecular flexibility index (Phi) is 7.41. The molecule has 33 heavy (non-hydrogen) atoms. The molecule has 0 atom stereocenters. The minimum Gasteiger partial charge on any atom is -0.487 e. The first-order valence-electron chi connectivity index (χ1n) is 10.0. The van der Waals surface area contributed by atoms with Gasteiger partial charge in [0, 0.05) is 30.9 Å². The second-order valence-corrected chi connectivity index (χ2v) is 9.14. The van der Waals surface area contributed by atoms with E-state index >= 15 is 0 Å². The standard InChI is InChI=1S/C23H23N3O6S/c1-3-32-22-14-9-18(15-21(22)26(28)29)23(27)24-19-10-12-20(13-11-19)33(30,31)25(2)16-17-7-5-4-6-8-17/h4-15H,3,16H2,1-2H3,(H,24,27). The molecule has 0 fully saturated rings. The summed E-state index contributed by atoms with van der Waals surface area (Å²) in [5.41, 5.74) is 0.968. The van der Waals surface area contributed by atoms with E-state index in [0.717, 1.165) is 11.6 Å². The first kappa shape index (κ1) is 23.9. The molecular weight excluding hydrogens is 446 g/mol. The average Bonchev–Trinajstić information content (AvgIpc) is 2.80. The third-order valence-electron chi connectivity index (χ3n) is 4.79. The number of sulfonamides is 1. The summed E-state index contributed by atoms with van der Waals surface area (Å²) in [6.07, 6.45) is 0. The number of benzene rings is 3. The lowest BCUT2D eigenvalue weighted by Gasteiger charge is -2.17. The number of amides is 1. The van der Waals surface area contributed by atoms with Crippen molar-refractivity contribution < 1.29 is 22.9 Å². The van der Waals surface area contributed by atoms with Crippen LogP contribution in [0.3, 0.4) is 0 Å². The summed E-state index contributed by atoms with van der Waals surface area (Å²) in [6, 6.07) is 18.9. The van der Waals surface area contributed by atoms with Crippen LogP contribution in [0.1, 0.15) is 22.8 Å². The van der Waals surface area contributed by atoms with Crippen LogP contribution in [-0.4, -0.2) is 37.2 Å². The minimum atomic E-state index is -3.73. The van der Waals surface area contributed by atoms with Gasteiger partial charge in [0.05, 0.1) is 16.4 Å². The average molecular weight is 470 g/mol. The summed E-state index contributed by atoms with van der Waals surface area (Å²) in [7, 11) is -2.23. The van der Waals surface area contributed by atoms with E-state index in [1.807, 2.05) is 30.3 Å². The van der Waals surface area contributed by atoms with Crippen LogP contribution in [-0.2, 0) is 16.6 Å². The highest BCUT2D eigenvalue weighted by molar-refractivity contribution is 7.89. The molecule has 0 saturated carbocycles. The molecule has 9 nitrogen and oxygen atoms in total. The van der Waals surface area contributed by atoms with Crippen molar-refractivity contribution >= 4 is 27.3 Å². The van der Waals surface area contributed by atoms with E-state index in [4.69, 9.17) is 4.74 Å². The van der Waals surface area contributed by atoms with Crippen LogP contribution in [0.25, 0.3) is 0 Å². The quantitative estimate of drug-likeness (QED) is 0.373. The fourth-order valence-electron chi connectivity index (χ4n) is 3.10. The zero-order valence-electron chi connectivity index (χ0n) is 18.1. The highest BCUT2D eigenvalue weighted by Crippen LogP contribution is 2.28. The fraction of sp³-hybridized carbons (Fsp3) is 0.174. The van der Waals surface area contributed by atoms with Crippen LogP contribution in [0.5, 0.6) is 5.75 Å². The molecule has 0 saturated heterocycles. The number of nitro benzene ring substituents is 1. The maximum absolute atomic E-state index is 12.8. The molecule has 0 radical (unpaired) electrons. The largest absolute Gasteiger partial charge is 0.487 e. The Balaban J connectivity index is 1.73. The molecular formula is C23H23N3O6S. The van der Waals surface area contributed by atoms with Gasteiger partial charge in [-0.05, 0) is 48.9 Å². The van der Waals surface area contributed by atoms with Crippen molar-refractivity contribution in [2.24, 2.45) is 0 Å². The molecule has 0 bridgehead atoms. The number of hydrogen-bond donors (Lipinski definition) is 1. The Labute approximate surface area is 191 Å². The van der Waals surface area contributed by atoms with Crippen LogP contribution in [0.15, 0.2) is 77.7 Å². The Bertz CT molecular complexity index is 1240. The van der Waals surface area contributed by atoms with Crippen molar-refractivity contribution in [2.75, 3.05) is 19.0 Å². The highest BCUT2D eigenvalue weighted by atomic mass is 32.2. The van der Waals surface area contributed by atoms with Crippen LogP contribution >= 0.6 is 0 Å². The van der Waals surface area contributed by atoms with Crippen molar-refractivity contribution in [3.05, 3.63) is 94.0 Å². The Hall–Kier alpha value is -3.76. The third-order valence-corrected chi connectivity index (χ3v) is 6.60. The summed E-state index contributed by atoms with van der Waals surface area (Å²) >= 11 is 0. The van der Waals surface area contributed by atoms with Gasteiger partial charge in [-0.2, -0.15) is 4.31 Å². The molecule has 3 rings (SSSR count). The molecule has 172 valence electrons. The monoisotopic (exact) mass is 469 g/mol. The number of hydrogen-bond acceptors (Lipinski definition) is 6. The number of nitrogens with one attached hydrogen (secondary N) is 1. The maximum atomic E-state index is 12.8. The van der Waals surface area contributed by atoms with Crippen LogP contribution in [0.2, 0.25) is 0 Å². The molecule has 0 aromatic heterocycles. The summed E-state index contributed by atoms with van der Waals surface area (Å²) in [4.78, 5) is 23.3. The number of carbonyl (C=O) groups is 1. The molecule has 0 aliphatic carbocycles. The number of anilines is 1. The van der Waals surface area contributed by atoms with E-state index in [1.54, 1.807) is 6.92 Å². The molecule has 0 spiro atoms. The number of nitro groups is 1. The van der Waals surface area contributed by atoms with Gasteiger partial charge in [-0.15, -0.1) is 0 Å². The van der Waals surface area contributed by atoms with E-state index in [1.165, 1.54) is 47.8 Å². The summed E-state index contributed by atoms with van der Waals surface area (Å²) in [6.45, 7) is 2.17. The third kappa shape index (κ3) is 5.73. The number of carbonyl (C=O) groups excluding carboxylic acids is 1. The fourth-order valence-corrected chi connectivity index (χ4v) is 4.26. The highest BCUT2D eigenvalue weighted by Gasteiger charge is 2.22. The van der Waals surface area contributed by atoms with Gasteiger partial charge in [-0.3, -0.25) is 14.9 Å². The molecule has 3 aromatic carbocycles. The van der Waals surface area contributed by atoms with E-state index in [9.17, 15) is 23.3 Å².